The molecule has 1 amide bonds. The zero-order valence-electron chi connectivity index (χ0n) is 13.7. The van der Waals surface area contributed by atoms with Gasteiger partial charge >= 0.3 is 0 Å². The van der Waals surface area contributed by atoms with Gasteiger partial charge in [0, 0.05) is 12.1 Å². The number of nitrogens with one attached hydrogen (secondary N) is 2. The van der Waals surface area contributed by atoms with Crippen LogP contribution in [-0.2, 0) is 24.8 Å². The minimum absolute atomic E-state index is 0.0354. The normalized spacial score (nSPS) is 11.8. The minimum Gasteiger partial charge on any atom is -0.280 e. The molecule has 0 spiro atoms. The molecule has 0 saturated carbocycles. The van der Waals surface area contributed by atoms with Gasteiger partial charge in [-0.05, 0) is 43.3 Å². The lowest BCUT2D eigenvalue weighted by Crippen LogP contribution is -2.29. The summed E-state index contributed by atoms with van der Waals surface area (Å²) in [5.41, 5.74) is 1.14. The smallest absolute Gasteiger partial charge is 0.264 e. The summed E-state index contributed by atoms with van der Waals surface area (Å²) in [4.78, 5) is 11.2. The Bertz CT molecular complexity index is 964. The van der Waals surface area contributed by atoms with E-state index >= 15 is 0 Å². The molecule has 0 aliphatic carbocycles. The van der Waals surface area contributed by atoms with Crippen molar-refractivity contribution in [1.29, 1.82) is 0 Å². The van der Waals surface area contributed by atoms with E-state index in [9.17, 15) is 21.6 Å². The number of rotatable bonds is 6. The van der Waals surface area contributed by atoms with Crippen LogP contribution in [0.2, 0.25) is 0 Å². The first-order valence-electron chi connectivity index (χ1n) is 7.39. The highest BCUT2D eigenvalue weighted by Crippen LogP contribution is 2.19. The quantitative estimate of drug-likeness (QED) is 0.794. The topological polar surface area (TPSA) is 109 Å². The molecule has 9 heteroatoms. The molecule has 0 saturated heterocycles. The number of hydrogen-bond acceptors (Lipinski definition) is 5. The number of benzene rings is 2. The van der Waals surface area contributed by atoms with Crippen LogP contribution in [-0.4, -0.2) is 22.7 Å². The Labute approximate surface area is 147 Å². The maximum absolute atomic E-state index is 12.3. The molecule has 25 heavy (non-hydrogen) atoms. The second-order valence-corrected chi connectivity index (χ2v) is 8.69. The number of sulfonamides is 2. The number of aryl methyl sites for hydroxylation is 1. The maximum Gasteiger partial charge on any atom is 0.264 e. The molecular formula is C16H18N2O5S2. The van der Waals surface area contributed by atoms with Gasteiger partial charge in [-0.25, -0.2) is 21.6 Å². The largest absolute Gasteiger partial charge is 0.280 e. The second-order valence-electron chi connectivity index (χ2n) is 5.33. The molecule has 2 N–H and O–H groups in total. The van der Waals surface area contributed by atoms with Crippen LogP contribution >= 0.6 is 0 Å². The summed E-state index contributed by atoms with van der Waals surface area (Å²) >= 11 is 0. The molecule has 134 valence electrons. The summed E-state index contributed by atoms with van der Waals surface area (Å²) in [6.07, 6.45) is 0.0354. The number of carbonyl (C=O) groups is 1. The van der Waals surface area contributed by atoms with E-state index in [1.54, 1.807) is 12.1 Å². The van der Waals surface area contributed by atoms with Gasteiger partial charge in [-0.3, -0.25) is 9.52 Å². The fraction of sp³-hybridized carbons (Fsp3) is 0.188. The van der Waals surface area contributed by atoms with Gasteiger partial charge < -0.3 is 0 Å². The summed E-state index contributed by atoms with van der Waals surface area (Å²) in [6, 6.07) is 11.4. The third-order valence-corrected chi connectivity index (χ3v) is 6.10. The predicted molar refractivity (Wildman–Crippen MR) is 94.0 cm³/mol. The Morgan fingerprint density at radius 1 is 0.840 bits per heavy atom. The highest BCUT2D eigenvalue weighted by molar-refractivity contribution is 7.92. The van der Waals surface area contributed by atoms with Crippen molar-refractivity contribution >= 4 is 31.6 Å². The first kappa shape index (κ1) is 18.9. The molecule has 0 heterocycles. The summed E-state index contributed by atoms with van der Waals surface area (Å²) < 4.78 is 52.8. The SMILES string of the molecule is CCC(=O)NS(=O)(=O)c1ccc(NS(=O)(=O)c2ccc(C)cc2)cc1. The number of anilines is 1. The highest BCUT2D eigenvalue weighted by Gasteiger charge is 2.18. The molecule has 2 aromatic rings. The Morgan fingerprint density at radius 2 is 1.32 bits per heavy atom. The molecule has 2 rings (SSSR count). The molecule has 0 unspecified atom stereocenters. The van der Waals surface area contributed by atoms with E-state index in [4.69, 9.17) is 0 Å². The maximum atomic E-state index is 12.3. The zero-order valence-corrected chi connectivity index (χ0v) is 15.3. The van der Waals surface area contributed by atoms with Crippen molar-refractivity contribution in [2.24, 2.45) is 0 Å². The number of hydrogen-bond donors (Lipinski definition) is 2. The van der Waals surface area contributed by atoms with Gasteiger partial charge in [0.1, 0.15) is 0 Å². The lowest BCUT2D eigenvalue weighted by molar-refractivity contribution is -0.119. The molecule has 2 aromatic carbocycles. The van der Waals surface area contributed by atoms with E-state index in [1.165, 1.54) is 43.3 Å². The summed E-state index contributed by atoms with van der Waals surface area (Å²) in [5.74, 6) is -0.621. The fourth-order valence-electron chi connectivity index (χ4n) is 1.91. The van der Waals surface area contributed by atoms with Crippen LogP contribution in [0.1, 0.15) is 18.9 Å². The Kier molecular flexibility index (Phi) is 5.48. The van der Waals surface area contributed by atoms with E-state index in [2.05, 4.69) is 4.72 Å². The third kappa shape index (κ3) is 4.80. The van der Waals surface area contributed by atoms with Crippen LogP contribution in [0.4, 0.5) is 5.69 Å². The van der Waals surface area contributed by atoms with Crippen LogP contribution in [0.25, 0.3) is 0 Å². The number of carbonyl (C=O) groups excluding carboxylic acids is 1. The highest BCUT2D eigenvalue weighted by atomic mass is 32.2. The van der Waals surface area contributed by atoms with E-state index in [0.29, 0.717) is 0 Å². The van der Waals surface area contributed by atoms with E-state index in [0.717, 1.165) is 5.56 Å². The van der Waals surface area contributed by atoms with E-state index in [1.807, 2.05) is 11.6 Å². The zero-order chi connectivity index (χ0) is 18.7. The van der Waals surface area contributed by atoms with E-state index < -0.39 is 26.0 Å². The van der Waals surface area contributed by atoms with Crippen molar-refractivity contribution in [2.75, 3.05) is 4.72 Å². The van der Waals surface area contributed by atoms with Crippen molar-refractivity contribution in [3.8, 4) is 0 Å². The second kappa shape index (κ2) is 7.24. The summed E-state index contributed by atoms with van der Waals surface area (Å²) in [6.45, 7) is 3.38. The van der Waals surface area contributed by atoms with Gasteiger partial charge in [-0.2, -0.15) is 0 Å². The van der Waals surface area contributed by atoms with Gasteiger partial charge in [0.25, 0.3) is 20.0 Å². The minimum atomic E-state index is -3.97. The first-order chi connectivity index (χ1) is 11.6. The van der Waals surface area contributed by atoms with Gasteiger partial charge in [0.05, 0.1) is 9.79 Å². The number of amides is 1. The van der Waals surface area contributed by atoms with Crippen LogP contribution < -0.4 is 9.44 Å². The summed E-state index contributed by atoms with van der Waals surface area (Å²) in [5, 5.41) is 0. The fourth-order valence-corrected chi connectivity index (χ4v) is 4.03. The van der Waals surface area contributed by atoms with E-state index in [-0.39, 0.29) is 21.9 Å². The van der Waals surface area contributed by atoms with Crippen molar-refractivity contribution in [2.45, 2.75) is 30.1 Å². The first-order valence-corrected chi connectivity index (χ1v) is 10.4. The molecule has 0 bridgehead atoms. The van der Waals surface area contributed by atoms with Gasteiger partial charge in [0.15, 0.2) is 0 Å². The van der Waals surface area contributed by atoms with Crippen molar-refractivity contribution in [3.05, 3.63) is 54.1 Å². The molecule has 0 atom stereocenters. The Balaban J connectivity index is 2.20. The van der Waals surface area contributed by atoms with Crippen LogP contribution in [0.15, 0.2) is 58.3 Å². The molecule has 0 aliphatic rings. The predicted octanol–water partition coefficient (Wildman–Crippen LogP) is 2.01. The molecule has 0 aromatic heterocycles. The van der Waals surface area contributed by atoms with Gasteiger partial charge in [-0.1, -0.05) is 24.6 Å². The lowest BCUT2D eigenvalue weighted by atomic mass is 10.2. The van der Waals surface area contributed by atoms with Crippen LogP contribution in [0.5, 0.6) is 0 Å². The summed E-state index contributed by atoms with van der Waals surface area (Å²) in [7, 11) is -7.74. The average Bonchev–Trinajstić information content (AvgIpc) is 2.55. The molecule has 7 nitrogen and oxygen atoms in total. The van der Waals surface area contributed by atoms with Crippen molar-refractivity contribution in [3.63, 3.8) is 0 Å². The average molecular weight is 382 g/mol. The van der Waals surface area contributed by atoms with Gasteiger partial charge in [-0.15, -0.1) is 0 Å². The molecule has 0 aliphatic heterocycles. The third-order valence-electron chi connectivity index (χ3n) is 3.32. The Hall–Kier alpha value is -2.39. The Morgan fingerprint density at radius 3 is 1.84 bits per heavy atom. The standard InChI is InChI=1S/C16H18N2O5S2/c1-3-16(19)18-25(22,23)15-10-6-13(7-11-15)17-24(20,21)14-8-4-12(2)5-9-14/h4-11,17H,3H2,1-2H3,(H,18,19). The van der Waals surface area contributed by atoms with Crippen LogP contribution in [0, 0.1) is 6.92 Å². The van der Waals surface area contributed by atoms with Crippen LogP contribution in [0.3, 0.4) is 0 Å². The molecule has 0 fully saturated rings. The van der Waals surface area contributed by atoms with Crippen molar-refractivity contribution < 1.29 is 21.6 Å². The lowest BCUT2D eigenvalue weighted by Gasteiger charge is -2.10. The van der Waals surface area contributed by atoms with Gasteiger partial charge in [0.2, 0.25) is 5.91 Å². The monoisotopic (exact) mass is 382 g/mol. The van der Waals surface area contributed by atoms with Crippen molar-refractivity contribution in [1.82, 2.24) is 4.72 Å². The molecule has 0 radical (unpaired) electrons. The molecular weight excluding hydrogens is 364 g/mol.